The molecule has 0 unspecified atom stereocenters. The van der Waals surface area contributed by atoms with Gasteiger partial charge in [0.1, 0.15) is 23.1 Å². The highest BCUT2D eigenvalue weighted by Gasteiger charge is 2.19. The number of carbonyl (C=O) groups is 1. The van der Waals surface area contributed by atoms with E-state index < -0.39 is 34.7 Å². The van der Waals surface area contributed by atoms with E-state index in [2.05, 4.69) is 9.68 Å². The summed E-state index contributed by atoms with van der Waals surface area (Å²) in [7, 11) is 0. The molecule has 2 rings (SSSR count). The van der Waals surface area contributed by atoms with Crippen molar-refractivity contribution in [2.75, 3.05) is 0 Å². The summed E-state index contributed by atoms with van der Waals surface area (Å²) in [5.41, 5.74) is -0.639. The van der Waals surface area contributed by atoms with Crippen molar-refractivity contribution in [2.24, 2.45) is 0 Å². The summed E-state index contributed by atoms with van der Waals surface area (Å²) in [6.45, 7) is 0. The summed E-state index contributed by atoms with van der Waals surface area (Å²) in [6, 6.07) is 2.16. The number of hydrogen-bond acceptors (Lipinski definition) is 4. The van der Waals surface area contributed by atoms with Gasteiger partial charge in [0.05, 0.1) is 5.56 Å². The Labute approximate surface area is 92.9 Å². The first kappa shape index (κ1) is 11.1. The third-order valence-electron chi connectivity index (χ3n) is 2.01. The van der Waals surface area contributed by atoms with Crippen LogP contribution in [-0.4, -0.2) is 21.3 Å². The first-order chi connectivity index (χ1) is 7.99. The molecule has 0 atom stereocenters. The Bertz CT molecular complexity index is 571. The van der Waals surface area contributed by atoms with Crippen molar-refractivity contribution in [1.82, 2.24) is 5.16 Å². The van der Waals surface area contributed by atoms with E-state index in [0.29, 0.717) is 12.1 Å². The van der Waals surface area contributed by atoms with Crippen molar-refractivity contribution in [2.45, 2.75) is 0 Å². The molecule has 0 saturated heterocycles. The molecule has 2 aromatic rings. The number of carboxylic acids is 1. The molecule has 0 spiro atoms. The molecule has 1 aromatic heterocycles. The Kier molecular flexibility index (Phi) is 2.51. The molecule has 0 saturated carbocycles. The lowest BCUT2D eigenvalue weighted by molar-refractivity contribution is 0.0652. The molecule has 0 bridgehead atoms. The van der Waals surface area contributed by atoms with Gasteiger partial charge in [-0.25, -0.2) is 13.6 Å². The number of hydrogen-bond donors (Lipinski definition) is 2. The fourth-order valence-corrected chi connectivity index (χ4v) is 1.31. The highest BCUT2D eigenvalue weighted by Crippen LogP contribution is 2.32. The monoisotopic (exact) mass is 241 g/mol. The lowest BCUT2D eigenvalue weighted by atomic mass is 10.1. The zero-order valence-corrected chi connectivity index (χ0v) is 8.15. The van der Waals surface area contributed by atoms with Crippen LogP contribution in [0.3, 0.4) is 0 Å². The topological polar surface area (TPSA) is 83.6 Å². The van der Waals surface area contributed by atoms with Crippen LogP contribution in [0.2, 0.25) is 0 Å². The van der Waals surface area contributed by atoms with Crippen molar-refractivity contribution in [3.63, 3.8) is 0 Å². The smallest absolute Gasteiger partial charge is 0.374 e. The molecule has 1 heterocycles. The Balaban J connectivity index is 2.56. The summed E-state index contributed by atoms with van der Waals surface area (Å²) in [4.78, 5) is 10.5. The fourth-order valence-electron chi connectivity index (χ4n) is 1.31. The predicted octanol–water partition coefficient (Wildman–Crippen LogP) is 2.02. The molecule has 5 nitrogen and oxygen atoms in total. The first-order valence-electron chi connectivity index (χ1n) is 4.37. The number of halogens is 2. The average Bonchev–Trinajstić information content (AvgIpc) is 2.65. The molecule has 0 amide bonds. The van der Waals surface area contributed by atoms with Crippen LogP contribution in [0, 0.1) is 11.6 Å². The first-order valence-corrected chi connectivity index (χ1v) is 4.37. The van der Waals surface area contributed by atoms with Gasteiger partial charge in [-0.2, -0.15) is 0 Å². The molecule has 1 aromatic carbocycles. The van der Waals surface area contributed by atoms with E-state index in [1.54, 1.807) is 0 Å². The zero-order valence-electron chi connectivity index (χ0n) is 8.15. The van der Waals surface area contributed by atoms with Gasteiger partial charge >= 0.3 is 5.97 Å². The van der Waals surface area contributed by atoms with E-state index in [1.807, 2.05) is 0 Å². The molecule has 2 N–H and O–H groups in total. The van der Waals surface area contributed by atoms with E-state index in [0.717, 1.165) is 6.07 Å². The SMILES string of the molecule is O=C(O)c1cc(-c2c(O)cc(F)cc2F)no1. The number of carboxylic acid groups (broad SMARTS) is 1. The minimum atomic E-state index is -1.38. The normalized spacial score (nSPS) is 10.5. The van der Waals surface area contributed by atoms with Gasteiger partial charge in [-0.05, 0) is 0 Å². The second-order valence-corrected chi connectivity index (χ2v) is 3.16. The molecule has 0 fully saturated rings. The zero-order chi connectivity index (χ0) is 12.6. The van der Waals surface area contributed by atoms with E-state index >= 15 is 0 Å². The molecular formula is C10H5F2NO4. The van der Waals surface area contributed by atoms with Crippen LogP contribution < -0.4 is 0 Å². The summed E-state index contributed by atoms with van der Waals surface area (Å²) < 4.78 is 30.5. The Hall–Kier alpha value is -2.44. The van der Waals surface area contributed by atoms with Gasteiger partial charge in [0.25, 0.3) is 0 Å². The van der Waals surface area contributed by atoms with E-state index in [4.69, 9.17) is 5.11 Å². The number of phenolic OH excluding ortho intramolecular Hbond substituents is 1. The van der Waals surface area contributed by atoms with E-state index in [9.17, 15) is 18.7 Å². The van der Waals surface area contributed by atoms with Gasteiger partial charge in [-0.15, -0.1) is 0 Å². The van der Waals surface area contributed by atoms with Crippen molar-refractivity contribution in [3.05, 3.63) is 35.6 Å². The molecule has 0 aliphatic carbocycles. The summed E-state index contributed by atoms with van der Waals surface area (Å²) in [6.07, 6.45) is 0. The minimum Gasteiger partial charge on any atom is -0.507 e. The second-order valence-electron chi connectivity index (χ2n) is 3.16. The maximum Gasteiger partial charge on any atom is 0.374 e. The summed E-state index contributed by atoms with van der Waals surface area (Å²) in [5, 5.41) is 21.2. The van der Waals surface area contributed by atoms with Gasteiger partial charge < -0.3 is 14.7 Å². The van der Waals surface area contributed by atoms with Gasteiger partial charge in [0.2, 0.25) is 5.76 Å². The number of rotatable bonds is 2. The van der Waals surface area contributed by atoms with Crippen LogP contribution in [0.15, 0.2) is 22.7 Å². The van der Waals surface area contributed by atoms with Gasteiger partial charge in [0.15, 0.2) is 0 Å². The Morgan fingerprint density at radius 3 is 2.53 bits per heavy atom. The molecule has 7 heteroatoms. The molecule has 0 aliphatic heterocycles. The van der Waals surface area contributed by atoms with Crippen LogP contribution in [0.5, 0.6) is 5.75 Å². The predicted molar refractivity (Wildman–Crippen MR) is 50.5 cm³/mol. The Morgan fingerprint density at radius 2 is 2.00 bits per heavy atom. The van der Waals surface area contributed by atoms with Gasteiger partial charge in [-0.1, -0.05) is 5.16 Å². The number of benzene rings is 1. The third-order valence-corrected chi connectivity index (χ3v) is 2.01. The number of phenols is 1. The third kappa shape index (κ3) is 1.94. The largest absolute Gasteiger partial charge is 0.507 e. The average molecular weight is 241 g/mol. The summed E-state index contributed by atoms with van der Waals surface area (Å²) >= 11 is 0. The quantitative estimate of drug-likeness (QED) is 0.840. The molecular weight excluding hydrogens is 236 g/mol. The maximum absolute atomic E-state index is 13.4. The van der Waals surface area contributed by atoms with Crippen molar-refractivity contribution in [3.8, 4) is 17.0 Å². The lowest BCUT2D eigenvalue weighted by Gasteiger charge is -2.01. The van der Waals surface area contributed by atoms with E-state index in [1.165, 1.54) is 0 Å². The minimum absolute atomic E-state index is 0.225. The second kappa shape index (κ2) is 3.85. The van der Waals surface area contributed by atoms with Gasteiger partial charge in [-0.3, -0.25) is 0 Å². The number of aromatic nitrogens is 1. The van der Waals surface area contributed by atoms with Crippen LogP contribution in [0.1, 0.15) is 10.6 Å². The maximum atomic E-state index is 13.4. The van der Waals surface area contributed by atoms with Crippen LogP contribution in [-0.2, 0) is 0 Å². The molecule has 0 aliphatic rings. The Morgan fingerprint density at radius 1 is 1.29 bits per heavy atom. The van der Waals surface area contributed by atoms with E-state index in [-0.39, 0.29) is 5.69 Å². The van der Waals surface area contributed by atoms with Gasteiger partial charge in [0, 0.05) is 18.2 Å². The lowest BCUT2D eigenvalue weighted by Crippen LogP contribution is -1.92. The van der Waals surface area contributed by atoms with Crippen LogP contribution >= 0.6 is 0 Å². The van der Waals surface area contributed by atoms with Crippen molar-refractivity contribution in [1.29, 1.82) is 0 Å². The van der Waals surface area contributed by atoms with Crippen LogP contribution in [0.25, 0.3) is 11.3 Å². The van der Waals surface area contributed by atoms with Crippen LogP contribution in [0.4, 0.5) is 8.78 Å². The fraction of sp³-hybridized carbons (Fsp3) is 0. The summed E-state index contributed by atoms with van der Waals surface area (Å²) in [5.74, 6) is -4.60. The van der Waals surface area contributed by atoms with Crippen molar-refractivity contribution >= 4 is 5.97 Å². The number of nitrogens with zero attached hydrogens (tertiary/aromatic N) is 1. The highest BCUT2D eigenvalue weighted by atomic mass is 19.1. The van der Waals surface area contributed by atoms with Crippen molar-refractivity contribution < 1.29 is 28.3 Å². The number of aromatic carboxylic acids is 1. The molecule has 0 radical (unpaired) electrons. The standard InChI is InChI=1S/C10H5F2NO4/c11-4-1-5(12)9(7(14)2-4)6-3-8(10(15)16)17-13-6/h1-3,14H,(H,15,16). The molecule has 17 heavy (non-hydrogen) atoms. The molecule has 88 valence electrons. The highest BCUT2D eigenvalue weighted by molar-refractivity contribution is 5.86. The number of aromatic hydroxyl groups is 1.